The van der Waals surface area contributed by atoms with E-state index in [0.29, 0.717) is 0 Å². The molecule has 2 aliphatic rings. The van der Waals surface area contributed by atoms with Crippen LogP contribution in [0.15, 0.2) is 24.3 Å². The van der Waals surface area contributed by atoms with Crippen LogP contribution in [0.5, 0.6) is 0 Å². The molecule has 1 aromatic carbocycles. The molecule has 3 rings (SSSR count). The molecule has 0 aromatic heterocycles. The highest BCUT2D eigenvalue weighted by molar-refractivity contribution is 6.30. The summed E-state index contributed by atoms with van der Waals surface area (Å²) in [5.41, 5.74) is 1.14. The van der Waals surface area contributed by atoms with E-state index in [0.717, 1.165) is 56.3 Å². The van der Waals surface area contributed by atoms with Crippen LogP contribution in [0.4, 0.5) is 5.69 Å². The summed E-state index contributed by atoms with van der Waals surface area (Å²) in [6.45, 7) is 4.31. The summed E-state index contributed by atoms with van der Waals surface area (Å²) in [5.74, 6) is 0.278. The molecule has 22 heavy (non-hydrogen) atoms. The van der Waals surface area contributed by atoms with Gasteiger partial charge in [-0.05, 0) is 37.6 Å². The van der Waals surface area contributed by atoms with Crippen LogP contribution in [0.1, 0.15) is 19.3 Å². The Balaban J connectivity index is 0.00000176. The molecule has 2 aliphatic heterocycles. The lowest BCUT2D eigenvalue weighted by molar-refractivity contribution is -0.134. The molecule has 0 spiro atoms. The summed E-state index contributed by atoms with van der Waals surface area (Å²) < 4.78 is 0. The SMILES string of the molecule is Cl.O=C([C@@H]1CCCCN1)N1CCN(c2cccc(Cl)c2)CC1. The number of halogens is 2. The Morgan fingerprint density at radius 3 is 2.59 bits per heavy atom. The lowest BCUT2D eigenvalue weighted by Gasteiger charge is -2.38. The highest BCUT2D eigenvalue weighted by atomic mass is 35.5. The van der Waals surface area contributed by atoms with Crippen molar-refractivity contribution < 1.29 is 4.79 Å². The Morgan fingerprint density at radius 1 is 1.18 bits per heavy atom. The van der Waals surface area contributed by atoms with Gasteiger partial charge >= 0.3 is 0 Å². The van der Waals surface area contributed by atoms with Gasteiger partial charge < -0.3 is 15.1 Å². The third-order valence-electron chi connectivity index (χ3n) is 4.37. The Hall–Kier alpha value is -0.970. The van der Waals surface area contributed by atoms with E-state index in [2.05, 4.69) is 16.3 Å². The van der Waals surface area contributed by atoms with Crippen LogP contribution < -0.4 is 10.2 Å². The van der Waals surface area contributed by atoms with Crippen molar-refractivity contribution in [1.29, 1.82) is 0 Å². The Bertz CT molecular complexity index is 498. The largest absolute Gasteiger partial charge is 0.368 e. The molecule has 122 valence electrons. The summed E-state index contributed by atoms with van der Waals surface area (Å²) in [5, 5.41) is 4.11. The van der Waals surface area contributed by atoms with Crippen molar-refractivity contribution in [2.45, 2.75) is 25.3 Å². The number of piperidine rings is 1. The second-order valence-corrected chi connectivity index (χ2v) is 6.23. The molecule has 6 heteroatoms. The van der Waals surface area contributed by atoms with Gasteiger partial charge in [-0.3, -0.25) is 4.79 Å². The maximum Gasteiger partial charge on any atom is 0.239 e. The zero-order valence-corrected chi connectivity index (χ0v) is 14.2. The number of hydrogen-bond acceptors (Lipinski definition) is 3. The first-order valence-electron chi connectivity index (χ1n) is 7.77. The van der Waals surface area contributed by atoms with Crippen LogP contribution in [0.25, 0.3) is 0 Å². The lowest BCUT2D eigenvalue weighted by Crippen LogP contribution is -2.55. The van der Waals surface area contributed by atoms with Crippen LogP contribution in [0, 0.1) is 0 Å². The minimum Gasteiger partial charge on any atom is -0.368 e. The number of nitrogens with zero attached hydrogens (tertiary/aromatic N) is 2. The van der Waals surface area contributed by atoms with Crippen molar-refractivity contribution in [3.05, 3.63) is 29.3 Å². The Kier molecular flexibility index (Phi) is 6.36. The van der Waals surface area contributed by atoms with Crippen molar-refractivity contribution >= 4 is 35.6 Å². The fourth-order valence-corrected chi connectivity index (χ4v) is 3.33. The van der Waals surface area contributed by atoms with Crippen molar-refractivity contribution in [3.8, 4) is 0 Å². The smallest absolute Gasteiger partial charge is 0.239 e. The molecule has 0 unspecified atom stereocenters. The van der Waals surface area contributed by atoms with Gasteiger partial charge in [-0.2, -0.15) is 0 Å². The number of carbonyl (C=O) groups is 1. The van der Waals surface area contributed by atoms with Gasteiger partial charge in [-0.15, -0.1) is 12.4 Å². The highest BCUT2D eigenvalue weighted by Crippen LogP contribution is 2.21. The van der Waals surface area contributed by atoms with E-state index in [1.807, 2.05) is 23.1 Å². The molecule has 4 nitrogen and oxygen atoms in total. The number of hydrogen-bond donors (Lipinski definition) is 1. The van der Waals surface area contributed by atoms with Crippen LogP contribution in [0.3, 0.4) is 0 Å². The molecule has 1 atom stereocenters. The molecule has 1 amide bonds. The Morgan fingerprint density at radius 2 is 1.95 bits per heavy atom. The minimum atomic E-state index is 0. The molecule has 1 aromatic rings. The van der Waals surface area contributed by atoms with Gasteiger partial charge in [0.1, 0.15) is 0 Å². The van der Waals surface area contributed by atoms with E-state index in [1.54, 1.807) is 0 Å². The number of rotatable bonds is 2. The second kappa shape index (κ2) is 8.04. The maximum absolute atomic E-state index is 12.5. The molecule has 0 saturated carbocycles. The van der Waals surface area contributed by atoms with Crippen molar-refractivity contribution in [1.82, 2.24) is 10.2 Å². The zero-order valence-electron chi connectivity index (χ0n) is 12.6. The van der Waals surface area contributed by atoms with Crippen LogP contribution >= 0.6 is 24.0 Å². The van der Waals surface area contributed by atoms with Crippen molar-refractivity contribution in [2.75, 3.05) is 37.6 Å². The molecule has 1 N–H and O–H groups in total. The quantitative estimate of drug-likeness (QED) is 0.896. The summed E-state index contributed by atoms with van der Waals surface area (Å²) in [6.07, 6.45) is 3.32. The molecule has 2 heterocycles. The fourth-order valence-electron chi connectivity index (χ4n) is 3.14. The summed E-state index contributed by atoms with van der Waals surface area (Å²) in [4.78, 5) is 16.8. The number of benzene rings is 1. The molecular formula is C16H23Cl2N3O. The first-order chi connectivity index (χ1) is 10.2. The van der Waals surface area contributed by atoms with Crippen LogP contribution in [0.2, 0.25) is 5.02 Å². The first-order valence-corrected chi connectivity index (χ1v) is 8.14. The summed E-state index contributed by atoms with van der Waals surface area (Å²) in [6, 6.07) is 7.96. The predicted octanol–water partition coefficient (Wildman–Crippen LogP) is 2.55. The van der Waals surface area contributed by atoms with Crippen molar-refractivity contribution in [2.24, 2.45) is 0 Å². The predicted molar refractivity (Wildman–Crippen MR) is 93.1 cm³/mol. The molecule has 2 saturated heterocycles. The third kappa shape index (κ3) is 4.06. The molecule has 2 fully saturated rings. The van der Waals surface area contributed by atoms with E-state index in [4.69, 9.17) is 11.6 Å². The molecule has 0 aliphatic carbocycles. The summed E-state index contributed by atoms with van der Waals surface area (Å²) in [7, 11) is 0. The third-order valence-corrected chi connectivity index (χ3v) is 4.61. The molecule has 0 radical (unpaired) electrons. The maximum atomic E-state index is 12.5. The van der Waals surface area contributed by atoms with Crippen LogP contribution in [-0.2, 0) is 4.79 Å². The minimum absolute atomic E-state index is 0. The monoisotopic (exact) mass is 343 g/mol. The number of carbonyl (C=O) groups excluding carboxylic acids is 1. The number of amides is 1. The second-order valence-electron chi connectivity index (χ2n) is 5.79. The van der Waals surface area contributed by atoms with Crippen LogP contribution in [-0.4, -0.2) is 49.6 Å². The van der Waals surface area contributed by atoms with Gasteiger partial charge in [0.25, 0.3) is 0 Å². The topological polar surface area (TPSA) is 35.6 Å². The first kappa shape index (κ1) is 17.4. The number of nitrogens with one attached hydrogen (secondary N) is 1. The fraction of sp³-hybridized carbons (Fsp3) is 0.562. The van der Waals surface area contributed by atoms with E-state index < -0.39 is 0 Å². The van der Waals surface area contributed by atoms with Gasteiger partial charge in [-0.1, -0.05) is 24.1 Å². The van der Waals surface area contributed by atoms with Gasteiger partial charge in [0.2, 0.25) is 5.91 Å². The van der Waals surface area contributed by atoms with Gasteiger partial charge in [0.05, 0.1) is 6.04 Å². The number of anilines is 1. The van der Waals surface area contributed by atoms with E-state index in [1.165, 1.54) is 6.42 Å². The average molecular weight is 344 g/mol. The summed E-state index contributed by atoms with van der Waals surface area (Å²) >= 11 is 6.05. The average Bonchev–Trinajstić information content (AvgIpc) is 2.55. The van der Waals surface area contributed by atoms with E-state index in [9.17, 15) is 4.79 Å². The standard InChI is InChI=1S/C16H22ClN3O.ClH/c17-13-4-3-5-14(12-13)19-8-10-20(11-9-19)16(21)15-6-1-2-7-18-15;/h3-5,12,15,18H,1-2,6-11H2;1H/t15-;/m0./s1. The van der Waals surface area contributed by atoms with E-state index in [-0.39, 0.29) is 24.4 Å². The zero-order chi connectivity index (χ0) is 14.7. The van der Waals surface area contributed by atoms with Gasteiger partial charge in [0, 0.05) is 36.9 Å². The van der Waals surface area contributed by atoms with Gasteiger partial charge in [-0.25, -0.2) is 0 Å². The molecule has 0 bridgehead atoms. The highest BCUT2D eigenvalue weighted by Gasteiger charge is 2.28. The molecular weight excluding hydrogens is 321 g/mol. The number of piperazine rings is 1. The van der Waals surface area contributed by atoms with Gasteiger partial charge in [0.15, 0.2) is 0 Å². The van der Waals surface area contributed by atoms with Crippen molar-refractivity contribution in [3.63, 3.8) is 0 Å². The normalized spacial score (nSPS) is 22.1. The van der Waals surface area contributed by atoms with E-state index >= 15 is 0 Å². The Labute approximate surface area is 143 Å². The lowest BCUT2D eigenvalue weighted by atomic mass is 10.0.